The second-order valence-corrected chi connectivity index (χ2v) is 9.86. The van der Waals surface area contributed by atoms with Gasteiger partial charge in [0.15, 0.2) is 5.69 Å². The van der Waals surface area contributed by atoms with Crippen LogP contribution in [0.25, 0.3) is 11.0 Å². The van der Waals surface area contributed by atoms with Gasteiger partial charge in [-0.25, -0.2) is 14.1 Å². The smallest absolute Gasteiger partial charge is 0.255 e. The van der Waals surface area contributed by atoms with Gasteiger partial charge < -0.3 is 25.3 Å². The lowest BCUT2D eigenvalue weighted by atomic mass is 10.1. The van der Waals surface area contributed by atoms with Crippen LogP contribution in [0.3, 0.4) is 0 Å². The highest BCUT2D eigenvalue weighted by atomic mass is 19.1. The van der Waals surface area contributed by atoms with Gasteiger partial charge in [0.05, 0.1) is 35.3 Å². The zero-order valence-electron chi connectivity index (χ0n) is 22.0. The number of hydrogen-bond donors (Lipinski definition) is 2. The van der Waals surface area contributed by atoms with E-state index in [2.05, 4.69) is 31.8 Å². The number of carbonyl (C=O) groups excluding carboxylic acids is 2. The molecule has 1 aliphatic carbocycles. The van der Waals surface area contributed by atoms with Gasteiger partial charge in [-0.15, -0.1) is 0 Å². The number of hydrogen-bond acceptors (Lipinski definition) is 6. The molecule has 38 heavy (non-hydrogen) atoms. The number of aromatic nitrogens is 4. The molecule has 0 radical (unpaired) electrons. The maximum Gasteiger partial charge on any atom is 0.255 e. The molecular weight excluding hydrogens is 489 g/mol. The first-order chi connectivity index (χ1) is 18.3. The first-order valence-corrected chi connectivity index (χ1v) is 12.9. The molecule has 3 aromatic rings. The fourth-order valence-corrected chi connectivity index (χ4v) is 5.44. The van der Waals surface area contributed by atoms with E-state index < -0.39 is 11.7 Å². The summed E-state index contributed by atoms with van der Waals surface area (Å²) in [5.74, 6) is 5.82. The summed E-state index contributed by atoms with van der Waals surface area (Å²) in [7, 11) is 3.27. The SMILES string of the molecule is CCC(=O)N1C[C@@H](n2nc(C#Cc3cc4nc(C)n(C5CC5)c4cc3F)c(C(N)=O)c2NC)C[C@@H]1COC. The number of anilines is 1. The van der Waals surface area contributed by atoms with Gasteiger partial charge in [0.1, 0.15) is 23.0 Å². The van der Waals surface area contributed by atoms with E-state index in [1.807, 2.05) is 13.8 Å². The third-order valence-electron chi connectivity index (χ3n) is 7.30. The average Bonchev–Trinajstić information content (AvgIpc) is 3.38. The van der Waals surface area contributed by atoms with Crippen LogP contribution in [0.1, 0.15) is 72.1 Å². The van der Waals surface area contributed by atoms with Gasteiger partial charge in [-0.2, -0.15) is 5.10 Å². The molecular formula is C27H32FN7O3. The first kappa shape index (κ1) is 25.7. The number of fused-ring (bicyclic) bond motifs is 1. The van der Waals surface area contributed by atoms with Crippen molar-refractivity contribution in [2.24, 2.45) is 5.73 Å². The van der Waals surface area contributed by atoms with Gasteiger partial charge in [-0.3, -0.25) is 9.59 Å². The molecule has 0 unspecified atom stereocenters. The van der Waals surface area contributed by atoms with Gasteiger partial charge in [0, 0.05) is 39.2 Å². The largest absolute Gasteiger partial charge is 0.383 e. The number of nitrogens with one attached hydrogen (secondary N) is 1. The van der Waals surface area contributed by atoms with E-state index in [1.54, 1.807) is 29.8 Å². The number of likely N-dealkylation sites (tertiary alicyclic amines) is 1. The summed E-state index contributed by atoms with van der Waals surface area (Å²) in [6, 6.07) is 3.14. The number of halogens is 1. The van der Waals surface area contributed by atoms with Crippen LogP contribution in [0.5, 0.6) is 0 Å². The predicted molar refractivity (Wildman–Crippen MR) is 140 cm³/mol. The van der Waals surface area contributed by atoms with Crippen molar-refractivity contribution in [1.82, 2.24) is 24.2 Å². The normalized spacial score (nSPS) is 19.0. The van der Waals surface area contributed by atoms with E-state index >= 15 is 4.39 Å². The molecule has 1 saturated heterocycles. The number of imidazole rings is 1. The van der Waals surface area contributed by atoms with Crippen LogP contribution < -0.4 is 11.1 Å². The molecule has 1 aromatic carbocycles. The maximum atomic E-state index is 15.1. The lowest BCUT2D eigenvalue weighted by molar-refractivity contribution is -0.132. The predicted octanol–water partition coefficient (Wildman–Crippen LogP) is 2.75. The molecule has 3 heterocycles. The summed E-state index contributed by atoms with van der Waals surface area (Å²) < 4.78 is 24.2. The Morgan fingerprint density at radius 3 is 2.66 bits per heavy atom. The van der Waals surface area contributed by atoms with Crippen molar-refractivity contribution in [3.05, 3.63) is 40.6 Å². The van der Waals surface area contributed by atoms with E-state index in [0.29, 0.717) is 43.4 Å². The van der Waals surface area contributed by atoms with Crippen molar-refractivity contribution < 1.29 is 18.7 Å². The molecule has 5 rings (SSSR count). The van der Waals surface area contributed by atoms with Crippen molar-refractivity contribution in [1.29, 1.82) is 0 Å². The monoisotopic (exact) mass is 521 g/mol. The van der Waals surface area contributed by atoms with Crippen molar-refractivity contribution in [3.63, 3.8) is 0 Å². The summed E-state index contributed by atoms with van der Waals surface area (Å²) in [4.78, 5) is 31.4. The number of methoxy groups -OCH3 is 1. The Morgan fingerprint density at radius 2 is 2.03 bits per heavy atom. The number of aryl methyl sites for hydroxylation is 1. The zero-order valence-corrected chi connectivity index (χ0v) is 22.0. The van der Waals surface area contributed by atoms with Gasteiger partial charge in [-0.1, -0.05) is 12.8 Å². The number of nitrogens with zero attached hydrogens (tertiary/aromatic N) is 5. The third kappa shape index (κ3) is 4.49. The quantitative estimate of drug-likeness (QED) is 0.462. The Morgan fingerprint density at radius 1 is 1.26 bits per heavy atom. The highest BCUT2D eigenvalue weighted by Gasteiger charge is 2.38. The van der Waals surface area contributed by atoms with Crippen LogP contribution in [0.4, 0.5) is 10.2 Å². The van der Waals surface area contributed by atoms with Gasteiger partial charge in [0.2, 0.25) is 5.91 Å². The van der Waals surface area contributed by atoms with Gasteiger partial charge in [-0.05, 0) is 38.2 Å². The van der Waals surface area contributed by atoms with Gasteiger partial charge >= 0.3 is 0 Å². The lowest BCUT2D eigenvalue weighted by Crippen LogP contribution is -2.37. The first-order valence-electron chi connectivity index (χ1n) is 12.9. The summed E-state index contributed by atoms with van der Waals surface area (Å²) in [6.07, 6.45) is 3.11. The van der Waals surface area contributed by atoms with E-state index in [9.17, 15) is 9.59 Å². The van der Waals surface area contributed by atoms with Crippen LogP contribution in [0.2, 0.25) is 0 Å². The second kappa shape index (κ2) is 10.1. The number of ether oxygens (including phenoxy) is 1. The van der Waals surface area contributed by atoms with Crippen molar-refractivity contribution in [3.8, 4) is 11.8 Å². The van der Waals surface area contributed by atoms with E-state index in [0.717, 1.165) is 24.2 Å². The van der Waals surface area contributed by atoms with Crippen molar-refractivity contribution >= 4 is 28.7 Å². The Balaban J connectivity index is 1.52. The highest BCUT2D eigenvalue weighted by molar-refractivity contribution is 6.00. The molecule has 2 atom stereocenters. The molecule has 11 heteroatoms. The minimum absolute atomic E-state index is 0.0214. The van der Waals surface area contributed by atoms with Crippen LogP contribution in [0, 0.1) is 24.6 Å². The number of nitrogens with two attached hydrogens (primary N) is 1. The minimum Gasteiger partial charge on any atom is -0.383 e. The zero-order chi connectivity index (χ0) is 27.1. The fraction of sp³-hybridized carbons (Fsp3) is 0.481. The summed E-state index contributed by atoms with van der Waals surface area (Å²) in [5, 5.41) is 7.63. The molecule has 3 N–H and O–H groups in total. The standard InChI is InChI=1S/C27H32FN7O3/c1-5-24(36)33-13-18(11-19(33)14-38-4)35-27(30-3)25(26(29)37)21(32-35)9-6-16-10-22-23(12-20(16)28)34(15(2)31-22)17-7-8-17/h10,12,17-19,30H,5,7-8,11,13-14H2,1-4H3,(H2,29,37)/t18-,19+/m0/s1. The molecule has 2 fully saturated rings. The number of amides is 2. The molecule has 2 amide bonds. The Hall–Kier alpha value is -3.91. The maximum absolute atomic E-state index is 15.1. The van der Waals surface area contributed by atoms with Crippen LogP contribution in [0.15, 0.2) is 12.1 Å². The Labute approximate surface area is 220 Å². The molecule has 2 aliphatic rings. The molecule has 1 saturated carbocycles. The van der Waals surface area contributed by atoms with Crippen molar-refractivity contribution in [2.75, 3.05) is 32.6 Å². The molecule has 10 nitrogen and oxygen atoms in total. The summed E-state index contributed by atoms with van der Waals surface area (Å²) >= 11 is 0. The van der Waals surface area contributed by atoms with Crippen LogP contribution >= 0.6 is 0 Å². The molecule has 1 aliphatic heterocycles. The summed E-state index contributed by atoms with van der Waals surface area (Å²) in [6.45, 7) is 4.55. The van der Waals surface area contributed by atoms with Crippen LogP contribution in [-0.4, -0.2) is 69.4 Å². The van der Waals surface area contributed by atoms with E-state index in [-0.39, 0.29) is 34.8 Å². The van der Waals surface area contributed by atoms with E-state index in [1.165, 1.54) is 6.07 Å². The number of rotatable bonds is 7. The Bertz CT molecular complexity index is 1480. The Kier molecular flexibility index (Phi) is 6.84. The topological polar surface area (TPSA) is 120 Å². The average molecular weight is 522 g/mol. The number of primary amides is 1. The minimum atomic E-state index is -0.701. The molecule has 2 aromatic heterocycles. The summed E-state index contributed by atoms with van der Waals surface area (Å²) in [5.41, 5.74) is 7.59. The lowest BCUT2D eigenvalue weighted by Gasteiger charge is -2.23. The molecule has 0 spiro atoms. The van der Waals surface area contributed by atoms with E-state index in [4.69, 9.17) is 10.5 Å². The van der Waals surface area contributed by atoms with Crippen LogP contribution in [-0.2, 0) is 9.53 Å². The number of carbonyl (C=O) groups is 2. The number of benzene rings is 1. The fourth-order valence-electron chi connectivity index (χ4n) is 5.44. The van der Waals surface area contributed by atoms with Gasteiger partial charge in [0.25, 0.3) is 5.91 Å². The third-order valence-corrected chi connectivity index (χ3v) is 7.30. The van der Waals surface area contributed by atoms with Crippen molar-refractivity contribution in [2.45, 2.75) is 57.7 Å². The molecule has 0 bridgehead atoms. The highest BCUT2D eigenvalue weighted by Crippen LogP contribution is 2.39. The molecule has 200 valence electrons. The second-order valence-electron chi connectivity index (χ2n) is 9.86.